The quantitative estimate of drug-likeness (QED) is 0.684. The molecule has 2 unspecified atom stereocenters. The number of carbonyl (C=O) groups excluding carboxylic acids is 1. The summed E-state index contributed by atoms with van der Waals surface area (Å²) >= 11 is 0. The predicted octanol–water partition coefficient (Wildman–Crippen LogP) is 1.44. The zero-order chi connectivity index (χ0) is 12.1. The molecule has 1 rings (SSSR count). The number of morpholine rings is 1. The Bertz CT molecular complexity index is 230. The van der Waals surface area contributed by atoms with Gasteiger partial charge in [0.2, 0.25) is 0 Å². The normalized spacial score (nSPS) is 27.1. The van der Waals surface area contributed by atoms with Crippen molar-refractivity contribution in [3.05, 3.63) is 0 Å². The van der Waals surface area contributed by atoms with Gasteiger partial charge < -0.3 is 9.47 Å². The molecule has 2 atom stereocenters. The Balaban J connectivity index is 2.45. The molecule has 1 fully saturated rings. The van der Waals surface area contributed by atoms with Crippen molar-refractivity contribution in [2.24, 2.45) is 0 Å². The number of nitrogens with zero attached hydrogens (tertiary/aromatic N) is 1. The van der Waals surface area contributed by atoms with Crippen LogP contribution in [0.15, 0.2) is 0 Å². The summed E-state index contributed by atoms with van der Waals surface area (Å²) in [6, 6.07) is 0.343. The van der Waals surface area contributed by atoms with E-state index in [4.69, 9.17) is 9.47 Å². The average Bonchev–Trinajstić information content (AvgIpc) is 2.16. The monoisotopic (exact) mass is 229 g/mol. The van der Waals surface area contributed by atoms with Gasteiger partial charge in [0, 0.05) is 12.6 Å². The molecule has 1 saturated heterocycles. The van der Waals surface area contributed by atoms with Gasteiger partial charge in [0.15, 0.2) is 0 Å². The first-order chi connectivity index (χ1) is 7.52. The molecule has 0 aliphatic carbocycles. The summed E-state index contributed by atoms with van der Waals surface area (Å²) in [5.41, 5.74) is 0. The number of hydrogen-bond acceptors (Lipinski definition) is 4. The topological polar surface area (TPSA) is 38.8 Å². The lowest BCUT2D eigenvalue weighted by molar-refractivity contribution is -0.152. The van der Waals surface area contributed by atoms with Crippen LogP contribution >= 0.6 is 0 Å². The standard InChI is InChI=1S/C12H23NO3/c1-5-11-8-15-10(4)6-13(11)7-12(14)16-9(2)3/h9-11H,5-8H2,1-4H3. The zero-order valence-electron chi connectivity index (χ0n) is 10.7. The van der Waals surface area contributed by atoms with Gasteiger partial charge in [-0.05, 0) is 27.2 Å². The van der Waals surface area contributed by atoms with E-state index < -0.39 is 0 Å². The fourth-order valence-corrected chi connectivity index (χ4v) is 1.95. The van der Waals surface area contributed by atoms with E-state index in [-0.39, 0.29) is 18.2 Å². The summed E-state index contributed by atoms with van der Waals surface area (Å²) < 4.78 is 10.7. The summed E-state index contributed by atoms with van der Waals surface area (Å²) in [4.78, 5) is 13.8. The van der Waals surface area contributed by atoms with Gasteiger partial charge >= 0.3 is 5.97 Å². The van der Waals surface area contributed by atoms with Crippen molar-refractivity contribution < 1.29 is 14.3 Å². The van der Waals surface area contributed by atoms with Crippen LogP contribution in [0.1, 0.15) is 34.1 Å². The molecule has 0 aromatic rings. The molecule has 0 N–H and O–H groups in total. The second-order valence-electron chi connectivity index (χ2n) is 4.67. The highest BCUT2D eigenvalue weighted by atomic mass is 16.5. The maximum absolute atomic E-state index is 11.6. The van der Waals surface area contributed by atoms with Crippen LogP contribution in [0.4, 0.5) is 0 Å². The molecule has 0 bridgehead atoms. The van der Waals surface area contributed by atoms with Gasteiger partial charge in [-0.25, -0.2) is 0 Å². The van der Waals surface area contributed by atoms with Crippen LogP contribution in [0, 0.1) is 0 Å². The minimum atomic E-state index is -0.137. The molecule has 16 heavy (non-hydrogen) atoms. The lowest BCUT2D eigenvalue weighted by atomic mass is 10.1. The van der Waals surface area contributed by atoms with E-state index in [9.17, 15) is 4.79 Å². The Morgan fingerprint density at radius 1 is 1.56 bits per heavy atom. The second kappa shape index (κ2) is 6.21. The van der Waals surface area contributed by atoms with Crippen molar-refractivity contribution in [1.82, 2.24) is 4.90 Å². The van der Waals surface area contributed by atoms with E-state index in [0.717, 1.165) is 13.0 Å². The Hall–Kier alpha value is -0.610. The van der Waals surface area contributed by atoms with E-state index in [1.54, 1.807) is 0 Å². The fraction of sp³-hybridized carbons (Fsp3) is 0.917. The number of rotatable bonds is 4. The number of ether oxygens (including phenoxy) is 2. The highest BCUT2D eigenvalue weighted by molar-refractivity contribution is 5.71. The van der Waals surface area contributed by atoms with E-state index in [1.807, 2.05) is 20.8 Å². The third kappa shape index (κ3) is 4.10. The van der Waals surface area contributed by atoms with Crippen molar-refractivity contribution in [2.45, 2.75) is 52.4 Å². The molecule has 4 nitrogen and oxygen atoms in total. The average molecular weight is 229 g/mol. The van der Waals surface area contributed by atoms with E-state index in [0.29, 0.717) is 19.2 Å². The molecular weight excluding hydrogens is 206 g/mol. The molecular formula is C12H23NO3. The third-order valence-electron chi connectivity index (χ3n) is 2.75. The lowest BCUT2D eigenvalue weighted by Crippen LogP contribution is -2.50. The van der Waals surface area contributed by atoms with Crippen LogP contribution in [0.5, 0.6) is 0 Å². The highest BCUT2D eigenvalue weighted by Crippen LogP contribution is 2.14. The molecule has 1 aliphatic heterocycles. The van der Waals surface area contributed by atoms with Gasteiger partial charge in [0.25, 0.3) is 0 Å². The zero-order valence-corrected chi connectivity index (χ0v) is 10.7. The second-order valence-corrected chi connectivity index (χ2v) is 4.67. The summed E-state index contributed by atoms with van der Waals surface area (Å²) in [7, 11) is 0. The van der Waals surface area contributed by atoms with Gasteiger partial charge in [0.1, 0.15) is 0 Å². The maximum atomic E-state index is 11.6. The summed E-state index contributed by atoms with van der Waals surface area (Å²) in [5.74, 6) is -0.137. The molecule has 1 aliphatic rings. The van der Waals surface area contributed by atoms with Gasteiger partial charge in [-0.2, -0.15) is 0 Å². The van der Waals surface area contributed by atoms with Crippen molar-refractivity contribution in [3.63, 3.8) is 0 Å². The number of hydrogen-bond donors (Lipinski definition) is 0. The molecule has 4 heteroatoms. The van der Waals surface area contributed by atoms with Crippen LogP contribution in [0.2, 0.25) is 0 Å². The van der Waals surface area contributed by atoms with E-state index in [2.05, 4.69) is 11.8 Å². The van der Waals surface area contributed by atoms with Crippen LogP contribution in [0.25, 0.3) is 0 Å². The summed E-state index contributed by atoms with van der Waals surface area (Å²) in [6.45, 7) is 9.80. The molecule has 94 valence electrons. The molecule has 0 spiro atoms. The first-order valence-electron chi connectivity index (χ1n) is 6.08. The van der Waals surface area contributed by atoms with Crippen LogP contribution < -0.4 is 0 Å². The third-order valence-corrected chi connectivity index (χ3v) is 2.75. The minimum absolute atomic E-state index is 0.0361. The van der Waals surface area contributed by atoms with Gasteiger partial charge in [-0.3, -0.25) is 9.69 Å². The molecule has 0 aromatic heterocycles. The first-order valence-corrected chi connectivity index (χ1v) is 6.08. The Kier molecular flexibility index (Phi) is 5.22. The SMILES string of the molecule is CCC1COC(C)CN1CC(=O)OC(C)C. The molecule has 0 amide bonds. The van der Waals surface area contributed by atoms with Gasteiger partial charge in [0.05, 0.1) is 25.4 Å². The maximum Gasteiger partial charge on any atom is 0.320 e. The van der Waals surface area contributed by atoms with Crippen molar-refractivity contribution in [2.75, 3.05) is 19.7 Å². The molecule has 0 radical (unpaired) electrons. The van der Waals surface area contributed by atoms with Crippen LogP contribution in [-0.4, -0.2) is 48.8 Å². The Labute approximate surface area is 97.9 Å². The first kappa shape index (κ1) is 13.5. The number of esters is 1. The summed E-state index contributed by atoms with van der Waals surface area (Å²) in [6.07, 6.45) is 1.17. The van der Waals surface area contributed by atoms with Gasteiger partial charge in [-0.15, -0.1) is 0 Å². The molecule has 0 saturated carbocycles. The minimum Gasteiger partial charge on any atom is -0.462 e. The van der Waals surface area contributed by atoms with Crippen LogP contribution in [0.3, 0.4) is 0 Å². The largest absolute Gasteiger partial charge is 0.462 e. The lowest BCUT2D eigenvalue weighted by Gasteiger charge is -2.37. The smallest absolute Gasteiger partial charge is 0.320 e. The van der Waals surface area contributed by atoms with Crippen LogP contribution in [-0.2, 0) is 14.3 Å². The van der Waals surface area contributed by atoms with Crippen molar-refractivity contribution in [1.29, 1.82) is 0 Å². The highest BCUT2D eigenvalue weighted by Gasteiger charge is 2.27. The molecule has 0 aromatic carbocycles. The summed E-state index contributed by atoms with van der Waals surface area (Å²) in [5, 5.41) is 0. The fourth-order valence-electron chi connectivity index (χ4n) is 1.95. The molecule has 1 heterocycles. The Morgan fingerprint density at radius 3 is 2.81 bits per heavy atom. The predicted molar refractivity (Wildman–Crippen MR) is 62.3 cm³/mol. The van der Waals surface area contributed by atoms with Gasteiger partial charge in [-0.1, -0.05) is 6.92 Å². The van der Waals surface area contributed by atoms with E-state index >= 15 is 0 Å². The van der Waals surface area contributed by atoms with Crippen molar-refractivity contribution >= 4 is 5.97 Å². The van der Waals surface area contributed by atoms with E-state index in [1.165, 1.54) is 0 Å². The number of carbonyl (C=O) groups is 1. The Morgan fingerprint density at radius 2 is 2.25 bits per heavy atom. The van der Waals surface area contributed by atoms with Crippen molar-refractivity contribution in [3.8, 4) is 0 Å².